The molecule has 2 rings (SSSR count). The fourth-order valence-electron chi connectivity index (χ4n) is 2.53. The van der Waals surface area contributed by atoms with Gasteiger partial charge in [-0.15, -0.1) is 5.48 Å². The van der Waals surface area contributed by atoms with Crippen LogP contribution in [0, 0.1) is 0 Å². The Bertz CT molecular complexity index is 715. The summed E-state index contributed by atoms with van der Waals surface area (Å²) in [4.78, 5) is 31.3. The highest BCUT2D eigenvalue weighted by atomic mass is 16.7. The van der Waals surface area contributed by atoms with Crippen LogP contribution in [-0.4, -0.2) is 40.7 Å². The summed E-state index contributed by atoms with van der Waals surface area (Å²) in [6.45, 7) is 0.533. The van der Waals surface area contributed by atoms with Crippen LogP contribution in [0.1, 0.15) is 24.8 Å². The lowest BCUT2D eigenvalue weighted by molar-refractivity contribution is -0.159. The number of hydrogen-bond acceptors (Lipinski definition) is 6. The number of carbonyl (C=O) groups is 2. The molecule has 0 bridgehead atoms. The average Bonchev–Trinajstić information content (AvgIpc) is 3.01. The molecule has 0 saturated heterocycles. The van der Waals surface area contributed by atoms with Gasteiger partial charge in [0, 0.05) is 23.5 Å². The van der Waals surface area contributed by atoms with E-state index in [-0.39, 0.29) is 6.42 Å². The number of aromatic nitrogens is 1. The third-order valence-electron chi connectivity index (χ3n) is 3.97. The van der Waals surface area contributed by atoms with E-state index in [2.05, 4.69) is 10.5 Å². The molecule has 0 radical (unpaired) electrons. The smallest absolute Gasteiger partial charge is 0.341 e. The van der Waals surface area contributed by atoms with Crippen molar-refractivity contribution in [1.29, 1.82) is 0 Å². The highest BCUT2D eigenvalue weighted by molar-refractivity contribution is 5.84. The van der Waals surface area contributed by atoms with Crippen molar-refractivity contribution in [2.45, 2.75) is 37.8 Å². The van der Waals surface area contributed by atoms with Crippen molar-refractivity contribution in [2.75, 3.05) is 6.54 Å². The summed E-state index contributed by atoms with van der Waals surface area (Å²) >= 11 is 0. The van der Waals surface area contributed by atoms with Crippen molar-refractivity contribution in [1.82, 2.24) is 10.5 Å². The molecule has 0 spiro atoms. The van der Waals surface area contributed by atoms with Crippen LogP contribution in [0.3, 0.4) is 0 Å². The molecule has 0 amide bonds. The second kappa shape index (κ2) is 9.16. The highest BCUT2D eigenvalue weighted by Gasteiger charge is 2.23. The summed E-state index contributed by atoms with van der Waals surface area (Å²) < 4.78 is 0. The van der Waals surface area contributed by atoms with Crippen LogP contribution in [0.4, 0.5) is 0 Å². The topological polar surface area (TPSA) is 143 Å². The predicted octanol–water partition coefficient (Wildman–Crippen LogP) is 0.668. The summed E-state index contributed by atoms with van der Waals surface area (Å²) in [5.74, 6) is -1.79. The number of nitrogens with two attached hydrogens (primary N) is 2. The number of para-hydroxylation sites is 1. The molecule has 1 aromatic carbocycles. The number of H-pyrrole nitrogens is 1. The fourth-order valence-corrected chi connectivity index (χ4v) is 2.53. The van der Waals surface area contributed by atoms with Gasteiger partial charge in [-0.2, -0.15) is 0 Å². The van der Waals surface area contributed by atoms with E-state index in [1.165, 1.54) is 0 Å². The first-order valence-electron chi connectivity index (χ1n) is 8.22. The van der Waals surface area contributed by atoms with Gasteiger partial charge in [0.25, 0.3) is 0 Å². The number of carboxylic acid groups (broad SMARTS) is 1. The van der Waals surface area contributed by atoms with Gasteiger partial charge >= 0.3 is 11.9 Å². The molecule has 136 valence electrons. The maximum atomic E-state index is 11.8. The zero-order valence-electron chi connectivity index (χ0n) is 13.9. The van der Waals surface area contributed by atoms with Crippen molar-refractivity contribution in [3.8, 4) is 0 Å². The van der Waals surface area contributed by atoms with Crippen LogP contribution in [0.15, 0.2) is 30.5 Å². The molecule has 0 aliphatic heterocycles. The van der Waals surface area contributed by atoms with E-state index in [4.69, 9.17) is 16.3 Å². The first-order chi connectivity index (χ1) is 12.0. The van der Waals surface area contributed by atoms with Gasteiger partial charge < -0.3 is 26.4 Å². The number of fused-ring (bicyclic) bond motifs is 1. The molecule has 0 saturated carbocycles. The maximum absolute atomic E-state index is 11.8. The molecule has 1 aromatic heterocycles. The number of aromatic amines is 1. The molecule has 2 atom stereocenters. The summed E-state index contributed by atoms with van der Waals surface area (Å²) in [5.41, 5.74) is 15.2. The third kappa shape index (κ3) is 5.28. The highest BCUT2D eigenvalue weighted by Crippen LogP contribution is 2.19. The predicted molar refractivity (Wildman–Crippen MR) is 93.5 cm³/mol. The Morgan fingerprint density at radius 3 is 2.76 bits per heavy atom. The number of carbonyl (C=O) groups excluding carboxylic acids is 1. The number of benzene rings is 1. The monoisotopic (exact) mass is 348 g/mol. The first kappa shape index (κ1) is 18.9. The number of hydrogen-bond donors (Lipinski definition) is 5. The normalized spacial score (nSPS) is 13.5. The van der Waals surface area contributed by atoms with E-state index in [1.807, 2.05) is 24.3 Å². The van der Waals surface area contributed by atoms with Crippen LogP contribution in [0.2, 0.25) is 0 Å². The second-order valence-corrected chi connectivity index (χ2v) is 5.88. The molecule has 0 fully saturated rings. The Hall–Kier alpha value is -2.42. The minimum Gasteiger partial charge on any atom is -0.480 e. The van der Waals surface area contributed by atoms with Gasteiger partial charge in [0.2, 0.25) is 0 Å². The molecule has 2 aromatic rings. The second-order valence-electron chi connectivity index (χ2n) is 5.88. The molecule has 7 N–H and O–H groups in total. The summed E-state index contributed by atoms with van der Waals surface area (Å²) in [6.07, 6.45) is 3.84. The van der Waals surface area contributed by atoms with Crippen LogP contribution < -0.4 is 16.9 Å². The van der Waals surface area contributed by atoms with E-state index >= 15 is 0 Å². The van der Waals surface area contributed by atoms with Crippen molar-refractivity contribution < 1.29 is 19.5 Å². The zero-order valence-corrected chi connectivity index (χ0v) is 13.9. The SMILES string of the molecule is NCCCC[C@H](N)C(=O)ON[C@@H](Cc1c[nH]c2ccccc12)C(=O)O. The molecule has 1 heterocycles. The van der Waals surface area contributed by atoms with Crippen molar-refractivity contribution in [2.24, 2.45) is 11.5 Å². The molecule has 25 heavy (non-hydrogen) atoms. The molecule has 0 aliphatic rings. The Balaban J connectivity index is 1.93. The van der Waals surface area contributed by atoms with E-state index in [0.29, 0.717) is 19.4 Å². The van der Waals surface area contributed by atoms with Gasteiger partial charge in [-0.25, -0.2) is 4.79 Å². The van der Waals surface area contributed by atoms with Crippen LogP contribution in [-0.2, 0) is 20.8 Å². The van der Waals surface area contributed by atoms with Crippen molar-refractivity contribution in [3.05, 3.63) is 36.0 Å². The van der Waals surface area contributed by atoms with Gasteiger partial charge in [-0.05, 0) is 31.0 Å². The van der Waals surface area contributed by atoms with Crippen LogP contribution in [0.25, 0.3) is 10.9 Å². The number of carboxylic acids is 1. The number of nitrogens with one attached hydrogen (secondary N) is 2. The number of unbranched alkanes of at least 4 members (excludes halogenated alkanes) is 1. The van der Waals surface area contributed by atoms with Crippen LogP contribution >= 0.6 is 0 Å². The number of aliphatic carboxylic acids is 1. The summed E-state index contributed by atoms with van der Waals surface area (Å²) in [5, 5.41) is 10.3. The van der Waals surface area contributed by atoms with E-state index < -0.39 is 24.0 Å². The van der Waals surface area contributed by atoms with Crippen molar-refractivity contribution in [3.63, 3.8) is 0 Å². The van der Waals surface area contributed by atoms with Gasteiger partial charge in [0.1, 0.15) is 12.1 Å². The van der Waals surface area contributed by atoms with E-state index in [1.54, 1.807) is 6.20 Å². The Morgan fingerprint density at radius 1 is 1.28 bits per heavy atom. The standard InChI is InChI=1S/C17H24N4O4/c18-8-4-3-6-13(19)17(24)25-21-15(16(22)23)9-11-10-20-14-7-2-1-5-12(11)14/h1-2,5,7,10,13,15,20-21H,3-4,6,8-9,18-19H2,(H,22,23)/t13-,15-/m0/s1. The summed E-state index contributed by atoms with van der Waals surface area (Å²) in [6, 6.07) is 5.70. The first-order valence-corrected chi connectivity index (χ1v) is 8.22. The van der Waals surface area contributed by atoms with Gasteiger partial charge in [-0.3, -0.25) is 4.79 Å². The fraction of sp³-hybridized carbons (Fsp3) is 0.412. The Labute approximate surface area is 145 Å². The average molecular weight is 348 g/mol. The largest absolute Gasteiger partial charge is 0.480 e. The van der Waals surface area contributed by atoms with Gasteiger partial charge in [0.15, 0.2) is 0 Å². The van der Waals surface area contributed by atoms with E-state index in [0.717, 1.165) is 22.9 Å². The minimum atomic E-state index is -1.12. The number of rotatable bonds is 10. The summed E-state index contributed by atoms with van der Waals surface area (Å²) in [7, 11) is 0. The lowest BCUT2D eigenvalue weighted by atomic mass is 10.1. The third-order valence-corrected chi connectivity index (χ3v) is 3.97. The van der Waals surface area contributed by atoms with E-state index in [9.17, 15) is 14.7 Å². The van der Waals surface area contributed by atoms with Gasteiger partial charge in [-0.1, -0.05) is 24.6 Å². The molecule has 8 nitrogen and oxygen atoms in total. The zero-order chi connectivity index (χ0) is 18.2. The quantitative estimate of drug-likeness (QED) is 0.313. The van der Waals surface area contributed by atoms with Crippen LogP contribution in [0.5, 0.6) is 0 Å². The molecular formula is C17H24N4O4. The molecule has 0 unspecified atom stereocenters. The maximum Gasteiger partial charge on any atom is 0.341 e. The Kier molecular flexibility index (Phi) is 6.93. The Morgan fingerprint density at radius 2 is 2.04 bits per heavy atom. The van der Waals surface area contributed by atoms with Crippen molar-refractivity contribution >= 4 is 22.8 Å². The minimum absolute atomic E-state index is 0.162. The lowest BCUT2D eigenvalue weighted by Gasteiger charge is -2.16. The lowest BCUT2D eigenvalue weighted by Crippen LogP contribution is -2.43. The number of hydroxylamine groups is 1. The molecule has 8 heteroatoms. The molecule has 0 aliphatic carbocycles. The van der Waals surface area contributed by atoms with Gasteiger partial charge in [0.05, 0.1) is 0 Å². The molecular weight excluding hydrogens is 324 g/mol.